The van der Waals surface area contributed by atoms with E-state index in [9.17, 15) is 13.2 Å². The molecule has 0 aromatic heterocycles. The van der Waals surface area contributed by atoms with Crippen LogP contribution in [0, 0.1) is 23.7 Å². The number of hydrogen-bond donors (Lipinski definition) is 0. The van der Waals surface area contributed by atoms with E-state index in [1.54, 1.807) is 16.4 Å². The van der Waals surface area contributed by atoms with E-state index in [0.717, 1.165) is 51.0 Å². The Hall–Kier alpha value is -1.44. The molecule has 0 radical (unpaired) electrons. The second-order valence-corrected chi connectivity index (χ2v) is 12.1. The van der Waals surface area contributed by atoms with E-state index < -0.39 is 10.0 Å². The van der Waals surface area contributed by atoms with E-state index in [4.69, 9.17) is 0 Å². The average Bonchev–Trinajstić information content (AvgIpc) is 3.14. The first kappa shape index (κ1) is 21.8. The van der Waals surface area contributed by atoms with Gasteiger partial charge in [0.05, 0.1) is 10.3 Å². The molecule has 166 valence electrons. The highest BCUT2D eigenvalue weighted by Crippen LogP contribution is 2.58. The van der Waals surface area contributed by atoms with Gasteiger partial charge in [0.15, 0.2) is 0 Å². The van der Waals surface area contributed by atoms with Crippen molar-refractivity contribution in [2.75, 3.05) is 46.3 Å². The lowest BCUT2D eigenvalue weighted by Gasteiger charge is -2.46. The monoisotopic (exact) mass is 433 g/mol. The van der Waals surface area contributed by atoms with E-state index in [-0.39, 0.29) is 16.7 Å². The van der Waals surface area contributed by atoms with Crippen LogP contribution in [0.1, 0.15) is 38.7 Å². The first-order chi connectivity index (χ1) is 14.1. The molecule has 0 saturated carbocycles. The number of nitrogens with zero attached hydrogens (tertiary/aromatic N) is 3. The summed E-state index contributed by atoms with van der Waals surface area (Å²) in [6, 6.07) is 7.10. The molecule has 1 aromatic rings. The highest BCUT2D eigenvalue weighted by molar-refractivity contribution is 7.89. The molecular weight excluding hydrogens is 398 g/mol. The normalized spacial score (nSPS) is 27.8. The Morgan fingerprint density at radius 3 is 2.17 bits per heavy atom. The maximum atomic E-state index is 13.3. The van der Waals surface area contributed by atoms with Crippen LogP contribution in [0.15, 0.2) is 29.2 Å². The van der Waals surface area contributed by atoms with E-state index in [0.29, 0.717) is 23.9 Å². The minimum absolute atomic E-state index is 0.122. The van der Waals surface area contributed by atoms with Crippen LogP contribution in [0.3, 0.4) is 0 Å². The van der Waals surface area contributed by atoms with E-state index in [1.165, 1.54) is 0 Å². The summed E-state index contributed by atoms with van der Waals surface area (Å²) in [4.78, 5) is 18.0. The molecule has 0 bridgehead atoms. The maximum Gasteiger partial charge on any atom is 0.243 e. The summed E-state index contributed by atoms with van der Waals surface area (Å²) in [5.41, 5.74) is 0.577. The number of likely N-dealkylation sites (tertiary alicyclic amines) is 2. The zero-order valence-electron chi connectivity index (χ0n) is 18.7. The van der Waals surface area contributed by atoms with Crippen molar-refractivity contribution in [2.45, 2.75) is 44.9 Å². The molecule has 3 saturated heterocycles. The van der Waals surface area contributed by atoms with Gasteiger partial charge in [0.2, 0.25) is 15.9 Å². The van der Waals surface area contributed by atoms with Crippen LogP contribution in [-0.2, 0) is 14.8 Å². The molecule has 3 aliphatic rings. The van der Waals surface area contributed by atoms with Gasteiger partial charge >= 0.3 is 0 Å². The van der Waals surface area contributed by atoms with Gasteiger partial charge in [-0.15, -0.1) is 0 Å². The summed E-state index contributed by atoms with van der Waals surface area (Å²) in [6.07, 6.45) is 2.40. The number of piperidine rings is 1. The largest absolute Gasteiger partial charge is 0.345 e. The fraction of sp³-hybridized carbons (Fsp3) is 0.696. The molecule has 30 heavy (non-hydrogen) atoms. The standard InChI is InChI=1S/C23H35N3O3S/c1-18(2)15-25-16-22(23(17-25)11-12-24(4)21(23)27)9-13-26(14-10-22)30(28,29)20-7-5-19(3)6-8-20/h5-8,18H,9-17H2,1-4H3. The van der Waals surface area contributed by atoms with Gasteiger partial charge in [-0.1, -0.05) is 31.5 Å². The lowest BCUT2D eigenvalue weighted by atomic mass is 9.60. The number of sulfonamides is 1. The van der Waals surface area contributed by atoms with Crippen molar-refractivity contribution >= 4 is 15.9 Å². The highest BCUT2D eigenvalue weighted by atomic mass is 32.2. The van der Waals surface area contributed by atoms with Crippen LogP contribution in [-0.4, -0.2) is 74.7 Å². The summed E-state index contributed by atoms with van der Waals surface area (Å²) in [5, 5.41) is 0. The minimum atomic E-state index is -3.49. The van der Waals surface area contributed by atoms with E-state index in [2.05, 4.69) is 18.7 Å². The van der Waals surface area contributed by atoms with Crippen LogP contribution in [0.25, 0.3) is 0 Å². The van der Waals surface area contributed by atoms with Crippen LogP contribution in [0.5, 0.6) is 0 Å². The zero-order chi connectivity index (χ0) is 21.7. The van der Waals surface area contributed by atoms with Crippen molar-refractivity contribution in [2.24, 2.45) is 16.7 Å². The van der Waals surface area contributed by atoms with Crippen molar-refractivity contribution in [1.29, 1.82) is 0 Å². The van der Waals surface area contributed by atoms with Crippen molar-refractivity contribution in [3.63, 3.8) is 0 Å². The molecule has 1 unspecified atom stereocenters. The van der Waals surface area contributed by atoms with Crippen LogP contribution < -0.4 is 0 Å². The molecule has 7 heteroatoms. The highest BCUT2D eigenvalue weighted by Gasteiger charge is 2.64. The van der Waals surface area contributed by atoms with Gasteiger partial charge in [-0.3, -0.25) is 4.79 Å². The topological polar surface area (TPSA) is 60.9 Å². The zero-order valence-corrected chi connectivity index (χ0v) is 19.5. The number of rotatable bonds is 4. The number of benzene rings is 1. The van der Waals surface area contributed by atoms with E-state index >= 15 is 0 Å². The first-order valence-corrected chi connectivity index (χ1v) is 12.6. The summed E-state index contributed by atoms with van der Waals surface area (Å²) in [7, 11) is -1.58. The summed E-state index contributed by atoms with van der Waals surface area (Å²) in [5.74, 6) is 0.817. The molecule has 3 fully saturated rings. The van der Waals surface area contributed by atoms with Gasteiger partial charge in [-0.25, -0.2) is 8.42 Å². The third-order valence-corrected chi connectivity index (χ3v) is 9.54. The van der Waals surface area contributed by atoms with Gasteiger partial charge in [0, 0.05) is 51.7 Å². The third kappa shape index (κ3) is 3.39. The maximum absolute atomic E-state index is 13.3. The molecule has 1 aromatic carbocycles. The summed E-state index contributed by atoms with van der Waals surface area (Å²) in [6.45, 7) is 10.9. The fourth-order valence-corrected chi connectivity index (χ4v) is 7.49. The van der Waals surface area contributed by atoms with Gasteiger partial charge in [-0.2, -0.15) is 4.31 Å². The van der Waals surface area contributed by atoms with Gasteiger partial charge in [-0.05, 0) is 44.2 Å². The number of amides is 1. The smallest absolute Gasteiger partial charge is 0.243 e. The number of fused-ring (bicyclic) bond motifs is 1. The van der Waals surface area contributed by atoms with Crippen molar-refractivity contribution < 1.29 is 13.2 Å². The molecule has 0 N–H and O–H groups in total. The Bertz CT molecular complexity index is 904. The third-order valence-electron chi connectivity index (χ3n) is 7.63. The summed E-state index contributed by atoms with van der Waals surface area (Å²) < 4.78 is 28.0. The SMILES string of the molecule is Cc1ccc(S(=O)(=O)N2CCC3(CC2)CN(CC(C)C)CC32CCN(C)C2=O)cc1. The van der Waals surface area contributed by atoms with Gasteiger partial charge < -0.3 is 9.80 Å². The van der Waals surface area contributed by atoms with Crippen LogP contribution >= 0.6 is 0 Å². The molecule has 6 nitrogen and oxygen atoms in total. The Morgan fingerprint density at radius 1 is 1.00 bits per heavy atom. The molecular formula is C23H35N3O3S. The number of hydrogen-bond acceptors (Lipinski definition) is 4. The molecule has 0 aliphatic carbocycles. The van der Waals surface area contributed by atoms with Crippen LogP contribution in [0.2, 0.25) is 0 Å². The predicted molar refractivity (Wildman–Crippen MR) is 118 cm³/mol. The lowest BCUT2D eigenvalue weighted by Crippen LogP contribution is -2.53. The molecule has 3 aliphatic heterocycles. The molecule has 2 spiro atoms. The van der Waals surface area contributed by atoms with Crippen molar-refractivity contribution in [1.82, 2.24) is 14.1 Å². The van der Waals surface area contributed by atoms with Gasteiger partial charge in [0.1, 0.15) is 0 Å². The quantitative estimate of drug-likeness (QED) is 0.732. The first-order valence-electron chi connectivity index (χ1n) is 11.1. The predicted octanol–water partition coefficient (Wildman–Crippen LogP) is 2.59. The average molecular weight is 434 g/mol. The lowest BCUT2D eigenvalue weighted by molar-refractivity contribution is -0.140. The Kier molecular flexibility index (Phi) is 5.52. The molecule has 3 heterocycles. The van der Waals surface area contributed by atoms with E-state index in [1.807, 2.05) is 31.0 Å². The van der Waals surface area contributed by atoms with Crippen LogP contribution in [0.4, 0.5) is 0 Å². The molecule has 4 rings (SSSR count). The number of carbonyl (C=O) groups is 1. The minimum Gasteiger partial charge on any atom is -0.345 e. The molecule has 1 atom stereocenters. The summed E-state index contributed by atoms with van der Waals surface area (Å²) >= 11 is 0. The second-order valence-electron chi connectivity index (χ2n) is 10.1. The van der Waals surface area contributed by atoms with Crippen molar-refractivity contribution in [3.05, 3.63) is 29.8 Å². The Balaban J connectivity index is 1.58. The fourth-order valence-electron chi connectivity index (χ4n) is 6.05. The Morgan fingerprint density at radius 2 is 1.63 bits per heavy atom. The molecule has 1 amide bonds. The number of aryl methyl sites for hydroxylation is 1. The van der Waals surface area contributed by atoms with Crippen molar-refractivity contribution in [3.8, 4) is 0 Å². The van der Waals surface area contributed by atoms with Gasteiger partial charge in [0.25, 0.3) is 0 Å². The Labute approximate surface area is 181 Å². The number of carbonyl (C=O) groups excluding carboxylic acids is 1. The second kappa shape index (κ2) is 7.61.